The quantitative estimate of drug-likeness (QED) is 0.607. The third-order valence-electron chi connectivity index (χ3n) is 5.51. The van der Waals surface area contributed by atoms with Crippen LogP contribution in [0.2, 0.25) is 0 Å². The second kappa shape index (κ2) is 5.56. The van der Waals surface area contributed by atoms with Crippen LogP contribution in [0.5, 0.6) is 0 Å². The van der Waals surface area contributed by atoms with Gasteiger partial charge in [0, 0.05) is 0 Å². The van der Waals surface area contributed by atoms with Crippen molar-refractivity contribution in [1.82, 2.24) is 0 Å². The molecular formula is C16H30. The summed E-state index contributed by atoms with van der Waals surface area (Å²) in [5.74, 6) is 5.32. The van der Waals surface area contributed by atoms with Gasteiger partial charge in [0.05, 0.1) is 0 Å². The van der Waals surface area contributed by atoms with Gasteiger partial charge in [-0.1, -0.05) is 46.5 Å². The summed E-state index contributed by atoms with van der Waals surface area (Å²) in [7, 11) is 0. The Labute approximate surface area is 102 Å². The second-order valence-corrected chi connectivity index (χ2v) is 6.61. The van der Waals surface area contributed by atoms with Crippen LogP contribution in [0.1, 0.15) is 72.1 Å². The molecule has 0 aromatic carbocycles. The number of hydrogen-bond donors (Lipinski definition) is 0. The van der Waals surface area contributed by atoms with Gasteiger partial charge in [0.2, 0.25) is 0 Å². The molecule has 3 rings (SSSR count). The van der Waals surface area contributed by atoms with Gasteiger partial charge in [-0.2, -0.15) is 0 Å². The molecule has 94 valence electrons. The lowest BCUT2D eigenvalue weighted by Gasteiger charge is -2.36. The van der Waals surface area contributed by atoms with Crippen LogP contribution in [0.4, 0.5) is 0 Å². The van der Waals surface area contributed by atoms with Gasteiger partial charge >= 0.3 is 0 Å². The Bertz CT molecular complexity index is 208. The van der Waals surface area contributed by atoms with Gasteiger partial charge in [0.25, 0.3) is 0 Å². The van der Waals surface area contributed by atoms with E-state index in [1.807, 2.05) is 0 Å². The van der Waals surface area contributed by atoms with Crippen molar-refractivity contribution in [2.45, 2.75) is 72.1 Å². The van der Waals surface area contributed by atoms with Crippen molar-refractivity contribution < 1.29 is 0 Å². The highest BCUT2D eigenvalue weighted by Crippen LogP contribution is 2.49. The van der Waals surface area contributed by atoms with Crippen molar-refractivity contribution in [1.29, 1.82) is 0 Å². The first-order valence-corrected chi connectivity index (χ1v) is 7.74. The highest BCUT2D eigenvalue weighted by Gasteiger charge is 2.38. The van der Waals surface area contributed by atoms with E-state index in [1.54, 1.807) is 32.1 Å². The van der Waals surface area contributed by atoms with E-state index < -0.39 is 0 Å². The standard InChI is InChI=1S/C16H30/c1-4-6-12(3)16-11-14-7-8-15(16)10-13(5-2)9-14/h12-16H,4-11H2,1-3H3. The minimum Gasteiger partial charge on any atom is -0.0654 e. The van der Waals surface area contributed by atoms with Gasteiger partial charge in [-0.05, 0) is 55.3 Å². The van der Waals surface area contributed by atoms with Gasteiger partial charge < -0.3 is 0 Å². The molecule has 5 atom stereocenters. The average molecular weight is 222 g/mol. The first-order chi connectivity index (χ1) is 7.74. The monoisotopic (exact) mass is 222 g/mol. The Hall–Kier alpha value is 0. The van der Waals surface area contributed by atoms with E-state index in [2.05, 4.69) is 20.8 Å². The fraction of sp³-hybridized carbons (Fsp3) is 1.00. The molecular weight excluding hydrogens is 192 g/mol. The van der Waals surface area contributed by atoms with Gasteiger partial charge in [0.1, 0.15) is 0 Å². The van der Waals surface area contributed by atoms with Crippen LogP contribution in [0.25, 0.3) is 0 Å². The maximum Gasteiger partial charge on any atom is -0.0357 e. The summed E-state index contributed by atoms with van der Waals surface area (Å²) in [5.41, 5.74) is 0. The molecule has 3 saturated carbocycles. The Balaban J connectivity index is 2.01. The summed E-state index contributed by atoms with van der Waals surface area (Å²) in [6, 6.07) is 0. The molecule has 0 aliphatic heterocycles. The third kappa shape index (κ3) is 2.63. The molecule has 16 heavy (non-hydrogen) atoms. The summed E-state index contributed by atoms with van der Waals surface area (Å²) in [6.07, 6.45) is 12.1. The summed E-state index contributed by atoms with van der Waals surface area (Å²) < 4.78 is 0. The van der Waals surface area contributed by atoms with Gasteiger partial charge in [0.15, 0.2) is 0 Å². The van der Waals surface area contributed by atoms with Crippen LogP contribution in [0.15, 0.2) is 0 Å². The van der Waals surface area contributed by atoms with E-state index in [4.69, 9.17) is 0 Å². The molecule has 0 radical (unpaired) electrons. The van der Waals surface area contributed by atoms with E-state index in [9.17, 15) is 0 Å². The number of hydrogen-bond acceptors (Lipinski definition) is 0. The molecule has 0 saturated heterocycles. The summed E-state index contributed by atoms with van der Waals surface area (Å²) in [6.45, 7) is 7.27. The third-order valence-corrected chi connectivity index (χ3v) is 5.51. The van der Waals surface area contributed by atoms with Crippen molar-refractivity contribution in [3.8, 4) is 0 Å². The molecule has 3 aliphatic rings. The SMILES string of the molecule is CCCC(C)C1CC2CCC1CC(CC)C2. The molecule has 3 fully saturated rings. The Kier molecular flexibility index (Phi) is 4.33. The molecule has 0 spiro atoms. The molecule has 0 N–H and O–H groups in total. The molecule has 0 nitrogen and oxygen atoms in total. The first-order valence-electron chi connectivity index (χ1n) is 7.74. The van der Waals surface area contributed by atoms with Crippen LogP contribution in [0.3, 0.4) is 0 Å². The van der Waals surface area contributed by atoms with Crippen LogP contribution in [-0.2, 0) is 0 Å². The molecule has 2 bridgehead atoms. The maximum absolute atomic E-state index is 2.52. The Morgan fingerprint density at radius 2 is 1.88 bits per heavy atom. The van der Waals surface area contributed by atoms with Crippen molar-refractivity contribution >= 4 is 0 Å². The Morgan fingerprint density at radius 3 is 2.56 bits per heavy atom. The molecule has 0 heterocycles. The summed E-state index contributed by atoms with van der Waals surface area (Å²) >= 11 is 0. The van der Waals surface area contributed by atoms with Crippen LogP contribution >= 0.6 is 0 Å². The average Bonchev–Trinajstić information content (AvgIpc) is 2.59. The van der Waals surface area contributed by atoms with E-state index in [-0.39, 0.29) is 0 Å². The lowest BCUT2D eigenvalue weighted by molar-refractivity contribution is 0.138. The number of rotatable bonds is 4. The maximum atomic E-state index is 2.52. The normalized spacial score (nSPS) is 40.7. The molecule has 0 aromatic rings. The summed E-state index contributed by atoms with van der Waals surface area (Å²) in [5, 5.41) is 0. The highest BCUT2D eigenvalue weighted by molar-refractivity contribution is 4.89. The lowest BCUT2D eigenvalue weighted by atomic mass is 9.69. The largest absolute Gasteiger partial charge is 0.0654 e. The van der Waals surface area contributed by atoms with E-state index in [1.165, 1.54) is 19.3 Å². The zero-order chi connectivity index (χ0) is 11.5. The molecule has 0 aromatic heterocycles. The van der Waals surface area contributed by atoms with Gasteiger partial charge in [-0.15, -0.1) is 0 Å². The minimum absolute atomic E-state index is 0.994. The summed E-state index contributed by atoms with van der Waals surface area (Å²) in [4.78, 5) is 0. The van der Waals surface area contributed by atoms with Crippen molar-refractivity contribution in [2.75, 3.05) is 0 Å². The van der Waals surface area contributed by atoms with Crippen LogP contribution < -0.4 is 0 Å². The lowest BCUT2D eigenvalue weighted by Crippen LogP contribution is -2.27. The highest BCUT2D eigenvalue weighted by atomic mass is 14.4. The van der Waals surface area contributed by atoms with Crippen molar-refractivity contribution in [3.05, 3.63) is 0 Å². The second-order valence-electron chi connectivity index (χ2n) is 6.61. The van der Waals surface area contributed by atoms with Crippen LogP contribution in [-0.4, -0.2) is 0 Å². The van der Waals surface area contributed by atoms with E-state index in [0.29, 0.717) is 0 Å². The van der Waals surface area contributed by atoms with Crippen LogP contribution in [0, 0.1) is 29.6 Å². The van der Waals surface area contributed by atoms with Crippen molar-refractivity contribution in [3.63, 3.8) is 0 Å². The zero-order valence-corrected chi connectivity index (χ0v) is 11.5. The molecule has 3 aliphatic carbocycles. The molecule has 0 heteroatoms. The van der Waals surface area contributed by atoms with E-state index in [0.717, 1.165) is 29.6 Å². The topological polar surface area (TPSA) is 0 Å². The van der Waals surface area contributed by atoms with Gasteiger partial charge in [-0.25, -0.2) is 0 Å². The fourth-order valence-electron chi connectivity index (χ4n) is 4.56. The fourth-order valence-corrected chi connectivity index (χ4v) is 4.56. The van der Waals surface area contributed by atoms with Gasteiger partial charge in [-0.3, -0.25) is 0 Å². The predicted octanol–water partition coefficient (Wildman–Crippen LogP) is 5.28. The Morgan fingerprint density at radius 1 is 1.06 bits per heavy atom. The first kappa shape index (κ1) is 12.5. The zero-order valence-electron chi connectivity index (χ0n) is 11.5. The molecule has 0 amide bonds. The minimum atomic E-state index is 0.994. The predicted molar refractivity (Wildman–Crippen MR) is 71.4 cm³/mol. The number of fused-ring (bicyclic) bond motifs is 4. The van der Waals surface area contributed by atoms with Crippen molar-refractivity contribution in [2.24, 2.45) is 29.6 Å². The van der Waals surface area contributed by atoms with E-state index >= 15 is 0 Å². The smallest absolute Gasteiger partial charge is 0.0357 e. The molecule has 5 unspecified atom stereocenters.